The third-order valence-corrected chi connectivity index (χ3v) is 3.28. The molecule has 1 aromatic rings. The zero-order chi connectivity index (χ0) is 12.4. The number of nitrogens with zero attached hydrogens (tertiary/aromatic N) is 1. The van der Waals surface area contributed by atoms with Crippen molar-refractivity contribution in [3.63, 3.8) is 0 Å². The summed E-state index contributed by atoms with van der Waals surface area (Å²) in [6, 6.07) is 6.23. The van der Waals surface area contributed by atoms with E-state index < -0.39 is 0 Å². The summed E-state index contributed by atoms with van der Waals surface area (Å²) in [5.41, 5.74) is 2.82. The van der Waals surface area contributed by atoms with E-state index in [0.29, 0.717) is 12.6 Å². The average molecular weight is 233 g/mol. The molecule has 1 aliphatic rings. The molecule has 0 unspecified atom stereocenters. The molecule has 0 radical (unpaired) electrons. The lowest BCUT2D eigenvalue weighted by molar-refractivity contribution is 0.0706. The smallest absolute Gasteiger partial charge is 0.254 e. The van der Waals surface area contributed by atoms with Gasteiger partial charge in [0, 0.05) is 18.2 Å². The SMILES string of the molecule is Cc1cccc(C)c1C(=O)N(CCO)C1CC1. The van der Waals surface area contributed by atoms with Crippen molar-refractivity contribution in [2.24, 2.45) is 0 Å². The van der Waals surface area contributed by atoms with Crippen LogP contribution in [-0.2, 0) is 0 Å². The standard InChI is InChI=1S/C14H19NO2/c1-10-4-3-5-11(2)13(10)14(17)15(8-9-16)12-6-7-12/h3-5,12,16H,6-9H2,1-2H3. The lowest BCUT2D eigenvalue weighted by Crippen LogP contribution is -2.36. The molecule has 92 valence electrons. The largest absolute Gasteiger partial charge is 0.395 e. The van der Waals surface area contributed by atoms with Gasteiger partial charge in [-0.15, -0.1) is 0 Å². The molecule has 1 N–H and O–H groups in total. The van der Waals surface area contributed by atoms with Crippen LogP contribution in [0.3, 0.4) is 0 Å². The monoisotopic (exact) mass is 233 g/mol. The number of amides is 1. The molecular weight excluding hydrogens is 214 g/mol. The highest BCUT2D eigenvalue weighted by molar-refractivity contribution is 5.97. The number of hydrogen-bond acceptors (Lipinski definition) is 2. The first-order chi connectivity index (χ1) is 8.15. The van der Waals surface area contributed by atoms with E-state index >= 15 is 0 Å². The van der Waals surface area contributed by atoms with Crippen LogP contribution in [0.4, 0.5) is 0 Å². The summed E-state index contributed by atoms with van der Waals surface area (Å²) in [5.74, 6) is 0.0668. The van der Waals surface area contributed by atoms with Gasteiger partial charge in [0.05, 0.1) is 6.61 Å². The second-order valence-corrected chi connectivity index (χ2v) is 4.72. The number of aryl methyl sites for hydroxylation is 2. The number of carbonyl (C=O) groups excluding carboxylic acids is 1. The molecule has 2 rings (SSSR count). The minimum absolute atomic E-state index is 0.0349. The molecule has 1 aliphatic carbocycles. The second-order valence-electron chi connectivity index (χ2n) is 4.72. The van der Waals surface area contributed by atoms with Crippen LogP contribution in [0.2, 0.25) is 0 Å². The highest BCUT2D eigenvalue weighted by atomic mass is 16.3. The van der Waals surface area contributed by atoms with Gasteiger partial charge in [-0.3, -0.25) is 4.79 Å². The van der Waals surface area contributed by atoms with Crippen LogP contribution in [0.5, 0.6) is 0 Å². The molecule has 0 spiro atoms. The second kappa shape index (κ2) is 4.88. The van der Waals surface area contributed by atoms with Crippen LogP contribution in [0.1, 0.15) is 34.3 Å². The minimum Gasteiger partial charge on any atom is -0.395 e. The van der Waals surface area contributed by atoms with E-state index in [9.17, 15) is 4.79 Å². The van der Waals surface area contributed by atoms with Crippen molar-refractivity contribution >= 4 is 5.91 Å². The molecule has 0 aliphatic heterocycles. The number of carbonyl (C=O) groups is 1. The Morgan fingerprint density at radius 1 is 1.35 bits per heavy atom. The van der Waals surface area contributed by atoms with E-state index in [1.807, 2.05) is 36.9 Å². The minimum atomic E-state index is 0.0349. The summed E-state index contributed by atoms with van der Waals surface area (Å²) in [6.07, 6.45) is 2.13. The fraction of sp³-hybridized carbons (Fsp3) is 0.500. The molecular formula is C14H19NO2. The Balaban J connectivity index is 2.28. The van der Waals surface area contributed by atoms with Crippen LogP contribution < -0.4 is 0 Å². The van der Waals surface area contributed by atoms with Crippen molar-refractivity contribution in [2.75, 3.05) is 13.2 Å². The summed E-state index contributed by atoms with van der Waals surface area (Å²) in [5, 5.41) is 9.05. The molecule has 1 saturated carbocycles. The normalized spacial score (nSPS) is 14.8. The molecule has 0 saturated heterocycles. The molecule has 3 nitrogen and oxygen atoms in total. The van der Waals surface area contributed by atoms with Crippen molar-refractivity contribution in [1.82, 2.24) is 4.90 Å². The Morgan fingerprint density at radius 2 is 1.94 bits per heavy atom. The summed E-state index contributed by atoms with van der Waals surface area (Å²) in [4.78, 5) is 14.3. The van der Waals surface area contributed by atoms with Gasteiger partial charge in [0.1, 0.15) is 0 Å². The van der Waals surface area contributed by atoms with Crippen LogP contribution in [0, 0.1) is 13.8 Å². The highest BCUT2D eigenvalue weighted by Gasteiger charge is 2.33. The third-order valence-electron chi connectivity index (χ3n) is 3.28. The van der Waals surface area contributed by atoms with Gasteiger partial charge in [-0.1, -0.05) is 18.2 Å². The topological polar surface area (TPSA) is 40.5 Å². The van der Waals surface area contributed by atoms with Gasteiger partial charge < -0.3 is 10.0 Å². The van der Waals surface area contributed by atoms with Gasteiger partial charge in [-0.05, 0) is 37.8 Å². The Labute approximate surface area is 102 Å². The molecule has 0 aromatic heterocycles. The Bertz CT molecular complexity index is 404. The summed E-state index contributed by atoms with van der Waals surface area (Å²) in [6.45, 7) is 4.40. The van der Waals surface area contributed by atoms with Crippen molar-refractivity contribution in [2.45, 2.75) is 32.7 Å². The predicted octanol–water partition coefficient (Wildman–Crippen LogP) is 1.90. The van der Waals surface area contributed by atoms with Gasteiger partial charge in [-0.2, -0.15) is 0 Å². The Hall–Kier alpha value is -1.35. The third kappa shape index (κ3) is 2.50. The maximum Gasteiger partial charge on any atom is 0.254 e. The number of aliphatic hydroxyl groups is 1. The maximum absolute atomic E-state index is 12.5. The first-order valence-electron chi connectivity index (χ1n) is 6.13. The quantitative estimate of drug-likeness (QED) is 0.863. The fourth-order valence-corrected chi connectivity index (χ4v) is 2.24. The van der Waals surface area contributed by atoms with E-state index in [-0.39, 0.29) is 12.5 Å². The van der Waals surface area contributed by atoms with Crippen molar-refractivity contribution in [3.05, 3.63) is 34.9 Å². The Kier molecular flexibility index (Phi) is 3.48. The van der Waals surface area contributed by atoms with E-state index in [1.54, 1.807) is 0 Å². The van der Waals surface area contributed by atoms with Gasteiger partial charge in [0.2, 0.25) is 0 Å². The molecule has 1 amide bonds. The van der Waals surface area contributed by atoms with E-state index in [0.717, 1.165) is 29.5 Å². The predicted molar refractivity (Wildman–Crippen MR) is 67.1 cm³/mol. The summed E-state index contributed by atoms with van der Waals surface area (Å²) >= 11 is 0. The first-order valence-corrected chi connectivity index (χ1v) is 6.13. The van der Waals surface area contributed by atoms with E-state index in [4.69, 9.17) is 5.11 Å². The van der Waals surface area contributed by atoms with Crippen molar-refractivity contribution in [1.29, 1.82) is 0 Å². The number of aliphatic hydroxyl groups excluding tert-OH is 1. The summed E-state index contributed by atoms with van der Waals surface area (Å²) < 4.78 is 0. The number of benzene rings is 1. The molecule has 1 aromatic carbocycles. The van der Waals surface area contributed by atoms with Crippen LogP contribution in [0.15, 0.2) is 18.2 Å². The van der Waals surface area contributed by atoms with Crippen LogP contribution in [0.25, 0.3) is 0 Å². The fourth-order valence-electron chi connectivity index (χ4n) is 2.24. The lowest BCUT2D eigenvalue weighted by atomic mass is 10.0. The zero-order valence-corrected chi connectivity index (χ0v) is 10.4. The Morgan fingerprint density at radius 3 is 2.41 bits per heavy atom. The van der Waals surface area contributed by atoms with Crippen LogP contribution >= 0.6 is 0 Å². The molecule has 3 heteroatoms. The van der Waals surface area contributed by atoms with E-state index in [1.165, 1.54) is 0 Å². The van der Waals surface area contributed by atoms with Gasteiger partial charge in [-0.25, -0.2) is 0 Å². The van der Waals surface area contributed by atoms with E-state index in [2.05, 4.69) is 0 Å². The number of hydrogen-bond donors (Lipinski definition) is 1. The molecule has 0 heterocycles. The summed E-state index contributed by atoms with van der Waals surface area (Å²) in [7, 11) is 0. The lowest BCUT2D eigenvalue weighted by Gasteiger charge is -2.23. The maximum atomic E-state index is 12.5. The molecule has 17 heavy (non-hydrogen) atoms. The van der Waals surface area contributed by atoms with Crippen molar-refractivity contribution < 1.29 is 9.90 Å². The number of rotatable bonds is 4. The average Bonchev–Trinajstić information content (AvgIpc) is 3.09. The van der Waals surface area contributed by atoms with Crippen LogP contribution in [-0.4, -0.2) is 35.1 Å². The molecule has 0 atom stereocenters. The zero-order valence-electron chi connectivity index (χ0n) is 10.4. The highest BCUT2D eigenvalue weighted by Crippen LogP contribution is 2.29. The molecule has 1 fully saturated rings. The first kappa shape index (κ1) is 12.1. The van der Waals surface area contributed by atoms with Gasteiger partial charge >= 0.3 is 0 Å². The molecule has 0 bridgehead atoms. The van der Waals surface area contributed by atoms with Gasteiger partial charge in [0.25, 0.3) is 5.91 Å². The van der Waals surface area contributed by atoms with Crippen molar-refractivity contribution in [3.8, 4) is 0 Å². The van der Waals surface area contributed by atoms with Gasteiger partial charge in [0.15, 0.2) is 0 Å².